The van der Waals surface area contributed by atoms with Crippen LogP contribution < -0.4 is 15.3 Å². The van der Waals surface area contributed by atoms with Crippen LogP contribution in [0.25, 0.3) is 0 Å². The molecule has 0 radical (unpaired) electrons. The Morgan fingerprint density at radius 3 is 2.25 bits per heavy atom. The molecule has 0 fully saturated rings. The maximum absolute atomic E-state index is 12.2. The zero-order chi connectivity index (χ0) is 20.8. The first kappa shape index (κ1) is 22.2. The van der Waals surface area contributed by atoms with E-state index in [0.717, 1.165) is 11.1 Å². The number of hydrazine groups is 1. The van der Waals surface area contributed by atoms with Crippen molar-refractivity contribution in [2.24, 2.45) is 5.84 Å². The van der Waals surface area contributed by atoms with Crippen molar-refractivity contribution < 1.29 is 19.1 Å². The van der Waals surface area contributed by atoms with Crippen LogP contribution in [0.2, 0.25) is 5.02 Å². The number of aryl methyl sites for hydroxylation is 1. The summed E-state index contributed by atoms with van der Waals surface area (Å²) in [6.07, 6.45) is 0. The van der Waals surface area contributed by atoms with Crippen molar-refractivity contribution in [3.63, 3.8) is 0 Å². The normalized spacial score (nSPS) is 10.7. The number of benzene rings is 2. The van der Waals surface area contributed by atoms with Crippen molar-refractivity contribution in [3.8, 4) is 11.5 Å². The first-order chi connectivity index (χ1) is 13.2. The number of hydrogen-bond donors (Lipinski definition) is 1. The molecule has 0 saturated carbocycles. The van der Waals surface area contributed by atoms with Gasteiger partial charge in [0.25, 0.3) is 11.8 Å². The second kappa shape index (κ2) is 9.91. The Hall–Kier alpha value is -2.09. The number of nitrogens with two attached hydrogens (primary N) is 1. The zero-order valence-electron chi connectivity index (χ0n) is 15.9. The summed E-state index contributed by atoms with van der Waals surface area (Å²) in [6, 6.07) is 10.7. The number of halogens is 2. The van der Waals surface area contributed by atoms with E-state index in [0.29, 0.717) is 26.0 Å². The van der Waals surface area contributed by atoms with Crippen molar-refractivity contribution >= 4 is 39.3 Å². The number of carbonyl (C=O) groups excluding carboxylic acids is 2. The van der Waals surface area contributed by atoms with Crippen molar-refractivity contribution in [2.75, 3.05) is 13.2 Å². The minimum absolute atomic E-state index is 0.229. The molecule has 0 saturated heterocycles. The van der Waals surface area contributed by atoms with E-state index in [1.807, 2.05) is 39.0 Å². The Morgan fingerprint density at radius 2 is 1.68 bits per heavy atom. The van der Waals surface area contributed by atoms with Gasteiger partial charge >= 0.3 is 0 Å². The number of amides is 2. The van der Waals surface area contributed by atoms with Gasteiger partial charge in [-0.25, -0.2) is 10.9 Å². The first-order valence-corrected chi connectivity index (χ1v) is 9.77. The largest absolute Gasteiger partial charge is 0.483 e. The zero-order valence-corrected chi connectivity index (χ0v) is 18.2. The van der Waals surface area contributed by atoms with Crippen LogP contribution in [0.4, 0.5) is 0 Å². The second-order valence-electron chi connectivity index (χ2n) is 6.51. The van der Waals surface area contributed by atoms with E-state index in [-0.39, 0.29) is 12.5 Å². The van der Waals surface area contributed by atoms with Gasteiger partial charge in [0.1, 0.15) is 11.5 Å². The minimum atomic E-state index is -0.691. The third-order valence-electron chi connectivity index (χ3n) is 3.92. The van der Waals surface area contributed by atoms with Gasteiger partial charge in [-0.2, -0.15) is 0 Å². The fourth-order valence-electron chi connectivity index (χ4n) is 2.39. The molecule has 2 amide bonds. The molecule has 2 aromatic carbocycles. The van der Waals surface area contributed by atoms with Crippen LogP contribution in [0, 0.1) is 6.92 Å². The van der Waals surface area contributed by atoms with Gasteiger partial charge in [0.05, 0.1) is 4.47 Å². The van der Waals surface area contributed by atoms with Crippen molar-refractivity contribution in [2.45, 2.75) is 26.7 Å². The van der Waals surface area contributed by atoms with Gasteiger partial charge < -0.3 is 9.47 Å². The summed E-state index contributed by atoms with van der Waals surface area (Å²) >= 11 is 9.14. The van der Waals surface area contributed by atoms with Crippen molar-refractivity contribution in [3.05, 3.63) is 57.0 Å². The van der Waals surface area contributed by atoms with Crippen LogP contribution in [-0.2, 0) is 9.59 Å². The number of imide groups is 1. The Morgan fingerprint density at radius 1 is 1.07 bits per heavy atom. The smallest absolute Gasteiger partial charge is 0.281 e. The summed E-state index contributed by atoms with van der Waals surface area (Å²) in [6.45, 7) is 5.25. The van der Waals surface area contributed by atoms with Crippen LogP contribution in [0.1, 0.15) is 30.9 Å². The molecular formula is C20H22BrClN2O4. The molecule has 0 unspecified atom stereocenters. The third-order valence-corrected chi connectivity index (χ3v) is 4.78. The summed E-state index contributed by atoms with van der Waals surface area (Å²) in [5, 5.41) is 1.03. The molecule has 0 heterocycles. The fourth-order valence-corrected chi connectivity index (χ4v) is 3.19. The minimum Gasteiger partial charge on any atom is -0.483 e. The SMILES string of the molecule is Cc1ccc(C(C)C)c(OCC(=O)N(N)C(=O)COc2ccc(Cl)cc2Br)c1. The summed E-state index contributed by atoms with van der Waals surface area (Å²) in [5.41, 5.74) is 1.98. The van der Waals surface area contributed by atoms with E-state index in [4.69, 9.17) is 26.9 Å². The van der Waals surface area contributed by atoms with Crippen LogP contribution in [0.5, 0.6) is 11.5 Å². The molecule has 8 heteroatoms. The van der Waals surface area contributed by atoms with E-state index >= 15 is 0 Å². The molecule has 28 heavy (non-hydrogen) atoms. The maximum atomic E-state index is 12.2. The van der Waals surface area contributed by atoms with Gasteiger partial charge in [0.15, 0.2) is 13.2 Å². The molecule has 2 N–H and O–H groups in total. The highest BCUT2D eigenvalue weighted by atomic mass is 79.9. The quantitative estimate of drug-likeness (QED) is 0.373. The molecule has 0 aliphatic heterocycles. The molecule has 150 valence electrons. The summed E-state index contributed by atoms with van der Waals surface area (Å²) < 4.78 is 11.6. The Balaban J connectivity index is 1.93. The molecule has 0 aromatic heterocycles. The predicted octanol–water partition coefficient (Wildman–Crippen LogP) is 4.22. The van der Waals surface area contributed by atoms with E-state index in [9.17, 15) is 9.59 Å². The molecular weight excluding hydrogens is 448 g/mol. The van der Waals surface area contributed by atoms with Gasteiger partial charge in [-0.15, -0.1) is 0 Å². The average molecular weight is 470 g/mol. The van der Waals surface area contributed by atoms with Crippen LogP contribution in [-0.4, -0.2) is 30.0 Å². The third kappa shape index (κ3) is 5.95. The molecule has 2 rings (SSSR count). The van der Waals surface area contributed by atoms with Crippen molar-refractivity contribution in [1.29, 1.82) is 0 Å². The monoisotopic (exact) mass is 468 g/mol. The van der Waals surface area contributed by atoms with E-state index < -0.39 is 18.4 Å². The number of ether oxygens (including phenoxy) is 2. The molecule has 6 nitrogen and oxygen atoms in total. The molecule has 0 atom stereocenters. The van der Waals surface area contributed by atoms with E-state index in [1.54, 1.807) is 18.2 Å². The lowest BCUT2D eigenvalue weighted by Crippen LogP contribution is -2.47. The number of rotatable bonds is 7. The molecule has 2 aromatic rings. The lowest BCUT2D eigenvalue weighted by Gasteiger charge is -2.18. The first-order valence-electron chi connectivity index (χ1n) is 8.60. The predicted molar refractivity (Wildman–Crippen MR) is 111 cm³/mol. The standard InChI is InChI=1S/C20H22BrClN2O4/c1-12(2)15-6-4-13(3)8-18(15)28-11-20(26)24(23)19(25)10-27-17-7-5-14(22)9-16(17)21/h4-9,12H,10-11,23H2,1-3H3. The second-order valence-corrected chi connectivity index (χ2v) is 7.80. The van der Waals surface area contributed by atoms with Gasteiger partial charge in [-0.1, -0.05) is 37.6 Å². The van der Waals surface area contributed by atoms with Gasteiger partial charge in [0.2, 0.25) is 0 Å². The highest BCUT2D eigenvalue weighted by molar-refractivity contribution is 9.10. The van der Waals surface area contributed by atoms with E-state index in [2.05, 4.69) is 15.9 Å². The van der Waals surface area contributed by atoms with Crippen molar-refractivity contribution in [1.82, 2.24) is 5.01 Å². The lowest BCUT2D eigenvalue weighted by atomic mass is 10.0. The molecule has 0 aliphatic carbocycles. The fraction of sp³-hybridized carbons (Fsp3) is 0.300. The van der Waals surface area contributed by atoms with Gasteiger partial charge in [-0.3, -0.25) is 9.59 Å². The topological polar surface area (TPSA) is 81.9 Å². The number of hydrogen-bond acceptors (Lipinski definition) is 5. The average Bonchev–Trinajstić information content (AvgIpc) is 2.64. The molecule has 0 aliphatic rings. The van der Waals surface area contributed by atoms with Crippen LogP contribution >= 0.6 is 27.5 Å². The highest BCUT2D eigenvalue weighted by Gasteiger charge is 2.20. The summed E-state index contributed by atoms with van der Waals surface area (Å²) in [5.74, 6) is 5.51. The lowest BCUT2D eigenvalue weighted by molar-refractivity contribution is -0.147. The summed E-state index contributed by atoms with van der Waals surface area (Å²) in [4.78, 5) is 24.4. The van der Waals surface area contributed by atoms with E-state index in [1.165, 1.54) is 0 Å². The molecule has 0 spiro atoms. The Labute approximate surface area is 177 Å². The highest BCUT2D eigenvalue weighted by Crippen LogP contribution is 2.28. The number of carbonyl (C=O) groups is 2. The van der Waals surface area contributed by atoms with Crippen LogP contribution in [0.15, 0.2) is 40.9 Å². The van der Waals surface area contributed by atoms with Gasteiger partial charge in [0, 0.05) is 5.02 Å². The Kier molecular flexibility index (Phi) is 7.86. The maximum Gasteiger partial charge on any atom is 0.281 e. The van der Waals surface area contributed by atoms with Gasteiger partial charge in [-0.05, 0) is 64.2 Å². The number of nitrogens with zero attached hydrogens (tertiary/aromatic N) is 1. The Bertz CT molecular complexity index is 873. The molecule has 0 bridgehead atoms. The summed E-state index contributed by atoms with van der Waals surface area (Å²) in [7, 11) is 0. The van der Waals surface area contributed by atoms with Crippen LogP contribution in [0.3, 0.4) is 0 Å².